The van der Waals surface area contributed by atoms with Crippen LogP contribution in [-0.2, 0) is 14.3 Å². The van der Waals surface area contributed by atoms with Crippen molar-refractivity contribution in [1.82, 2.24) is 0 Å². The zero-order valence-corrected chi connectivity index (χ0v) is 17.5. The Morgan fingerprint density at radius 2 is 1.83 bits per heavy atom. The van der Waals surface area contributed by atoms with E-state index in [1.807, 2.05) is 43.3 Å². The van der Waals surface area contributed by atoms with Crippen molar-refractivity contribution in [2.75, 3.05) is 32.6 Å². The van der Waals surface area contributed by atoms with E-state index in [0.29, 0.717) is 17.0 Å². The highest BCUT2D eigenvalue weighted by Crippen LogP contribution is 2.36. The molecule has 0 unspecified atom stereocenters. The number of furan rings is 1. The van der Waals surface area contributed by atoms with Crippen molar-refractivity contribution in [3.63, 3.8) is 0 Å². The molecule has 2 heterocycles. The highest BCUT2D eigenvalue weighted by molar-refractivity contribution is 6.08. The fraction of sp³-hybridized carbons (Fsp3) is 0.391. The average Bonchev–Trinajstić information content (AvgIpc) is 3.14. The maximum absolute atomic E-state index is 12.9. The van der Waals surface area contributed by atoms with E-state index in [1.165, 1.54) is 7.11 Å². The Balaban J connectivity index is 1.51. The van der Waals surface area contributed by atoms with Crippen molar-refractivity contribution in [3.05, 3.63) is 36.4 Å². The first-order valence-electron chi connectivity index (χ1n) is 10.2. The van der Waals surface area contributed by atoms with Crippen LogP contribution in [-0.4, -0.2) is 45.2 Å². The number of carbonyl (C=O) groups excluding carboxylic acids is 2. The van der Waals surface area contributed by atoms with Gasteiger partial charge in [0.15, 0.2) is 6.04 Å². The van der Waals surface area contributed by atoms with Crippen LogP contribution in [0.15, 0.2) is 40.8 Å². The normalized spacial score (nSPS) is 20.1. The number of para-hydroxylation sites is 1. The second-order valence-corrected chi connectivity index (χ2v) is 7.81. The lowest BCUT2D eigenvalue weighted by Crippen LogP contribution is -3.17. The van der Waals surface area contributed by atoms with Gasteiger partial charge in [0.2, 0.25) is 0 Å². The largest absolute Gasteiger partial charge is 0.495 e. The number of amides is 1. The number of hydrogen-bond acceptors (Lipinski definition) is 5. The fourth-order valence-corrected chi connectivity index (χ4v) is 4.27. The Morgan fingerprint density at radius 3 is 2.53 bits per heavy atom. The number of quaternary nitrogens is 1. The molecule has 1 atom stereocenters. The van der Waals surface area contributed by atoms with Gasteiger partial charge in [-0.05, 0) is 19.1 Å². The van der Waals surface area contributed by atoms with Crippen molar-refractivity contribution in [1.29, 1.82) is 0 Å². The second-order valence-electron chi connectivity index (χ2n) is 7.81. The third-order valence-electron chi connectivity index (χ3n) is 6.12. The van der Waals surface area contributed by atoms with E-state index in [4.69, 9.17) is 13.9 Å². The Kier molecular flexibility index (Phi) is 5.63. The van der Waals surface area contributed by atoms with E-state index in [1.54, 1.807) is 7.11 Å². The Morgan fingerprint density at radius 1 is 1.10 bits per heavy atom. The molecular formula is C23H27N2O5+. The number of rotatable bonds is 5. The molecule has 4 rings (SSSR count). The molecule has 1 aliphatic rings. The summed E-state index contributed by atoms with van der Waals surface area (Å²) in [5, 5.41) is 4.96. The lowest BCUT2D eigenvalue weighted by atomic mass is 9.96. The molecule has 158 valence electrons. The smallest absolute Gasteiger partial charge is 0.309 e. The second kappa shape index (κ2) is 8.36. The van der Waals surface area contributed by atoms with Crippen molar-refractivity contribution >= 4 is 39.5 Å². The van der Waals surface area contributed by atoms with E-state index in [0.717, 1.165) is 47.2 Å². The molecule has 30 heavy (non-hydrogen) atoms. The van der Waals surface area contributed by atoms with Gasteiger partial charge in [0.05, 0.1) is 38.9 Å². The van der Waals surface area contributed by atoms with Gasteiger partial charge >= 0.3 is 5.97 Å². The maximum Gasteiger partial charge on any atom is 0.309 e. The van der Waals surface area contributed by atoms with Crippen molar-refractivity contribution < 1.29 is 28.4 Å². The summed E-state index contributed by atoms with van der Waals surface area (Å²) in [6, 6.07) is 11.3. The minimum absolute atomic E-state index is 0.0652. The summed E-state index contributed by atoms with van der Waals surface area (Å²) in [4.78, 5) is 25.8. The van der Waals surface area contributed by atoms with Crippen LogP contribution in [0.3, 0.4) is 0 Å². The molecule has 7 nitrogen and oxygen atoms in total. The van der Waals surface area contributed by atoms with Gasteiger partial charge in [-0.15, -0.1) is 0 Å². The molecule has 0 aliphatic carbocycles. The van der Waals surface area contributed by atoms with E-state index < -0.39 is 0 Å². The van der Waals surface area contributed by atoms with E-state index >= 15 is 0 Å². The zero-order chi connectivity index (χ0) is 21.3. The molecule has 1 amide bonds. The van der Waals surface area contributed by atoms with Gasteiger partial charge in [-0.1, -0.05) is 18.2 Å². The first kappa shape index (κ1) is 20.2. The summed E-state index contributed by atoms with van der Waals surface area (Å²) in [6.07, 6.45) is 1.46. The van der Waals surface area contributed by atoms with Gasteiger partial charge < -0.3 is 24.1 Å². The monoisotopic (exact) mass is 411 g/mol. The van der Waals surface area contributed by atoms with Crippen molar-refractivity contribution in [2.24, 2.45) is 5.92 Å². The van der Waals surface area contributed by atoms with Crippen LogP contribution in [0.5, 0.6) is 5.75 Å². The summed E-state index contributed by atoms with van der Waals surface area (Å²) in [5.41, 5.74) is 2.08. The third kappa shape index (κ3) is 3.73. The number of ether oxygens (including phenoxy) is 2. The number of carbonyl (C=O) groups is 2. The number of esters is 1. The number of piperidine rings is 1. The number of nitrogens with one attached hydrogen (secondary N) is 2. The van der Waals surface area contributed by atoms with Crippen LogP contribution >= 0.6 is 0 Å². The van der Waals surface area contributed by atoms with Gasteiger partial charge in [0.25, 0.3) is 5.91 Å². The van der Waals surface area contributed by atoms with Crippen molar-refractivity contribution in [2.45, 2.75) is 25.8 Å². The van der Waals surface area contributed by atoms with E-state index in [-0.39, 0.29) is 23.8 Å². The number of benzene rings is 2. The highest BCUT2D eigenvalue weighted by Gasteiger charge is 2.33. The fourth-order valence-electron chi connectivity index (χ4n) is 4.27. The molecular weight excluding hydrogens is 384 g/mol. The lowest BCUT2D eigenvalue weighted by molar-refractivity contribution is -0.919. The molecule has 2 aromatic carbocycles. The Labute approximate surface area is 174 Å². The van der Waals surface area contributed by atoms with Gasteiger partial charge in [0, 0.05) is 29.7 Å². The molecule has 1 aliphatic heterocycles. The van der Waals surface area contributed by atoms with Gasteiger partial charge in [-0.25, -0.2) is 0 Å². The quantitative estimate of drug-likeness (QED) is 0.630. The molecule has 0 radical (unpaired) electrons. The molecule has 1 fully saturated rings. The standard InChI is InChI=1S/C23H26N2O5/c1-14(25-10-8-15(9-11-25)23(27)29-3)22(26)24-18-13-20-17(12-21(18)28-2)16-6-4-5-7-19(16)30-20/h4-7,12-15H,8-11H2,1-3H3,(H,24,26)/p+1/t14-/m1/s1. The minimum atomic E-state index is -0.250. The molecule has 2 N–H and O–H groups in total. The van der Waals surface area contributed by atoms with Gasteiger partial charge in [-0.3, -0.25) is 9.59 Å². The summed E-state index contributed by atoms with van der Waals surface area (Å²) in [7, 11) is 3.01. The van der Waals surface area contributed by atoms with Gasteiger partial charge in [-0.2, -0.15) is 0 Å². The summed E-state index contributed by atoms with van der Waals surface area (Å²) in [5.74, 6) is 0.281. The SMILES string of the molecule is COC(=O)C1CC[NH+]([C@H](C)C(=O)Nc2cc3oc4ccccc4c3cc2OC)CC1. The molecule has 7 heteroatoms. The molecule has 0 saturated carbocycles. The average molecular weight is 411 g/mol. The molecule has 3 aromatic rings. The van der Waals surface area contributed by atoms with Gasteiger partial charge in [0.1, 0.15) is 16.9 Å². The summed E-state index contributed by atoms with van der Waals surface area (Å²) < 4.78 is 16.3. The third-order valence-corrected chi connectivity index (χ3v) is 6.12. The summed E-state index contributed by atoms with van der Waals surface area (Å²) in [6.45, 7) is 3.43. The van der Waals surface area contributed by atoms with E-state index in [2.05, 4.69) is 5.32 Å². The predicted octanol–water partition coefficient (Wildman–Crippen LogP) is 2.39. The molecule has 1 aromatic heterocycles. The number of anilines is 1. The minimum Gasteiger partial charge on any atom is -0.495 e. The van der Waals surface area contributed by atoms with Crippen molar-refractivity contribution in [3.8, 4) is 5.75 Å². The number of methoxy groups -OCH3 is 2. The number of hydrogen-bond donors (Lipinski definition) is 2. The number of fused-ring (bicyclic) bond motifs is 3. The first-order chi connectivity index (χ1) is 14.5. The van der Waals surface area contributed by atoms with Crippen LogP contribution in [0.1, 0.15) is 19.8 Å². The zero-order valence-electron chi connectivity index (χ0n) is 17.5. The lowest BCUT2D eigenvalue weighted by Gasteiger charge is -2.31. The number of likely N-dealkylation sites (tertiary alicyclic amines) is 1. The Hall–Kier alpha value is -3.06. The predicted molar refractivity (Wildman–Crippen MR) is 114 cm³/mol. The Bertz CT molecular complexity index is 1080. The molecule has 0 spiro atoms. The molecule has 0 bridgehead atoms. The van der Waals surface area contributed by atoms with Crippen LogP contribution in [0.25, 0.3) is 21.9 Å². The van der Waals surface area contributed by atoms with Crippen LogP contribution in [0.4, 0.5) is 5.69 Å². The van der Waals surface area contributed by atoms with Crippen LogP contribution in [0, 0.1) is 5.92 Å². The maximum atomic E-state index is 12.9. The van der Waals surface area contributed by atoms with Crippen LogP contribution in [0.2, 0.25) is 0 Å². The topological polar surface area (TPSA) is 82.2 Å². The van der Waals surface area contributed by atoms with Crippen LogP contribution < -0.4 is 15.0 Å². The van der Waals surface area contributed by atoms with E-state index in [9.17, 15) is 9.59 Å². The molecule has 1 saturated heterocycles. The highest BCUT2D eigenvalue weighted by atomic mass is 16.5. The summed E-state index contributed by atoms with van der Waals surface area (Å²) >= 11 is 0. The first-order valence-corrected chi connectivity index (χ1v) is 10.2.